The van der Waals surface area contributed by atoms with Crippen LogP contribution in [0.4, 0.5) is 11.4 Å². The summed E-state index contributed by atoms with van der Waals surface area (Å²) in [6.45, 7) is 3.98. The first-order valence-electron chi connectivity index (χ1n) is 9.91. The Kier molecular flexibility index (Phi) is 4.73. The smallest absolute Gasteiger partial charge is 0.230 e. The minimum Gasteiger partial charge on any atom is -0.309 e. The molecular weight excluding hydrogens is 336 g/mol. The van der Waals surface area contributed by atoms with E-state index in [9.17, 15) is 9.59 Å². The van der Waals surface area contributed by atoms with E-state index >= 15 is 0 Å². The summed E-state index contributed by atoms with van der Waals surface area (Å²) in [6, 6.07) is 18.0. The van der Waals surface area contributed by atoms with Crippen LogP contribution in [0.15, 0.2) is 54.6 Å². The molecule has 27 heavy (non-hydrogen) atoms. The van der Waals surface area contributed by atoms with Crippen LogP contribution in [0.1, 0.15) is 51.1 Å². The van der Waals surface area contributed by atoms with Gasteiger partial charge < -0.3 is 9.80 Å². The van der Waals surface area contributed by atoms with Gasteiger partial charge in [0.1, 0.15) is 0 Å². The molecule has 1 heterocycles. The number of carbonyl (C=O) groups excluding carboxylic acids is 2. The van der Waals surface area contributed by atoms with Gasteiger partial charge >= 0.3 is 0 Å². The second-order valence-electron chi connectivity index (χ2n) is 7.59. The molecule has 1 saturated carbocycles. The van der Waals surface area contributed by atoms with E-state index in [4.69, 9.17) is 0 Å². The fraction of sp³-hybridized carbons (Fsp3) is 0.391. The Morgan fingerprint density at radius 3 is 2.37 bits per heavy atom. The number of benzene rings is 2. The Hall–Kier alpha value is -2.62. The summed E-state index contributed by atoms with van der Waals surface area (Å²) in [5.74, 6) is 0.486. The van der Waals surface area contributed by atoms with Crippen molar-refractivity contribution in [3.63, 3.8) is 0 Å². The lowest BCUT2D eigenvalue weighted by atomic mass is 9.89. The highest BCUT2D eigenvalue weighted by atomic mass is 16.2. The third kappa shape index (κ3) is 3.25. The molecule has 0 bridgehead atoms. The summed E-state index contributed by atoms with van der Waals surface area (Å²) >= 11 is 0. The van der Waals surface area contributed by atoms with E-state index in [0.717, 1.165) is 36.2 Å². The molecule has 0 N–H and O–H groups in total. The van der Waals surface area contributed by atoms with Gasteiger partial charge in [-0.05, 0) is 49.9 Å². The number of hydrogen-bond donors (Lipinski definition) is 0. The van der Waals surface area contributed by atoms with Crippen LogP contribution in [0.2, 0.25) is 0 Å². The third-order valence-corrected chi connectivity index (χ3v) is 5.64. The number of amides is 2. The van der Waals surface area contributed by atoms with E-state index in [1.807, 2.05) is 65.3 Å². The molecule has 4 nitrogen and oxygen atoms in total. The maximum Gasteiger partial charge on any atom is 0.230 e. The normalized spacial score (nSPS) is 21.5. The molecule has 1 aliphatic heterocycles. The second kappa shape index (κ2) is 7.18. The molecule has 0 aromatic heterocycles. The minimum atomic E-state index is -0.0485. The Bertz CT molecular complexity index is 844. The zero-order valence-electron chi connectivity index (χ0n) is 16.0. The fourth-order valence-electron chi connectivity index (χ4n) is 4.15. The van der Waals surface area contributed by atoms with Crippen molar-refractivity contribution >= 4 is 23.2 Å². The standard InChI is InChI=1S/C23H26N2O2/c1-3-22(26)24-16(2)15-21(19-11-7-8-12-20(19)24)25(23(27)17-13-14-17)18-9-5-4-6-10-18/h4-12,16-17,21H,3,13-15H2,1-2H3/t16-,21+/m1/s1. The predicted molar refractivity (Wildman–Crippen MR) is 108 cm³/mol. The minimum absolute atomic E-state index is 0.0485. The van der Waals surface area contributed by atoms with Gasteiger partial charge in [-0.2, -0.15) is 0 Å². The number of carbonyl (C=O) groups is 2. The SMILES string of the molecule is CCC(=O)N1c2ccccc2[C@@H](N(C(=O)C2CC2)c2ccccc2)C[C@H]1C. The first-order chi connectivity index (χ1) is 13.1. The largest absolute Gasteiger partial charge is 0.309 e. The van der Waals surface area contributed by atoms with Crippen LogP contribution in [0, 0.1) is 5.92 Å². The van der Waals surface area contributed by atoms with Gasteiger partial charge in [0.05, 0.1) is 6.04 Å². The van der Waals surface area contributed by atoms with Gasteiger partial charge in [-0.25, -0.2) is 0 Å². The molecule has 0 saturated heterocycles. The first kappa shape index (κ1) is 17.8. The average molecular weight is 362 g/mol. The lowest BCUT2D eigenvalue weighted by Crippen LogP contribution is -2.48. The maximum atomic E-state index is 13.2. The number of hydrogen-bond acceptors (Lipinski definition) is 2. The van der Waals surface area contributed by atoms with Crippen LogP contribution >= 0.6 is 0 Å². The van der Waals surface area contributed by atoms with Crippen molar-refractivity contribution in [1.29, 1.82) is 0 Å². The van der Waals surface area contributed by atoms with Crippen molar-refractivity contribution in [2.24, 2.45) is 5.92 Å². The molecule has 2 aromatic carbocycles. The van der Waals surface area contributed by atoms with Gasteiger partial charge in [-0.1, -0.05) is 43.3 Å². The van der Waals surface area contributed by atoms with Gasteiger partial charge in [0, 0.05) is 29.8 Å². The summed E-state index contributed by atoms with van der Waals surface area (Å²) < 4.78 is 0. The van der Waals surface area contributed by atoms with Gasteiger partial charge in [0.25, 0.3) is 0 Å². The monoisotopic (exact) mass is 362 g/mol. The van der Waals surface area contributed by atoms with Gasteiger partial charge in [-0.15, -0.1) is 0 Å². The van der Waals surface area contributed by atoms with Gasteiger partial charge in [-0.3, -0.25) is 9.59 Å². The van der Waals surface area contributed by atoms with Crippen LogP contribution in [-0.2, 0) is 9.59 Å². The topological polar surface area (TPSA) is 40.6 Å². The van der Waals surface area contributed by atoms with Crippen molar-refractivity contribution in [1.82, 2.24) is 0 Å². The Morgan fingerprint density at radius 2 is 1.70 bits per heavy atom. The second-order valence-corrected chi connectivity index (χ2v) is 7.59. The van der Waals surface area contributed by atoms with E-state index in [2.05, 4.69) is 13.0 Å². The molecule has 4 heteroatoms. The third-order valence-electron chi connectivity index (χ3n) is 5.64. The van der Waals surface area contributed by atoms with Crippen LogP contribution in [-0.4, -0.2) is 17.9 Å². The number of anilines is 2. The maximum absolute atomic E-state index is 13.2. The summed E-state index contributed by atoms with van der Waals surface area (Å²) in [5.41, 5.74) is 2.95. The zero-order chi connectivity index (χ0) is 19.0. The van der Waals surface area contributed by atoms with Crippen molar-refractivity contribution in [2.45, 2.75) is 51.6 Å². The molecule has 0 unspecified atom stereocenters. The molecular formula is C23H26N2O2. The molecule has 0 radical (unpaired) electrons. The van der Waals surface area contributed by atoms with E-state index in [0.29, 0.717) is 6.42 Å². The van der Waals surface area contributed by atoms with Crippen LogP contribution in [0.25, 0.3) is 0 Å². The molecule has 1 fully saturated rings. The number of nitrogens with zero attached hydrogens (tertiary/aromatic N) is 2. The summed E-state index contributed by atoms with van der Waals surface area (Å²) in [6.07, 6.45) is 3.18. The molecule has 2 amide bonds. The highest BCUT2D eigenvalue weighted by molar-refractivity contribution is 5.99. The average Bonchev–Trinajstić information content (AvgIpc) is 3.54. The zero-order valence-corrected chi connectivity index (χ0v) is 16.0. The lowest BCUT2D eigenvalue weighted by Gasteiger charge is -2.43. The fourth-order valence-corrected chi connectivity index (χ4v) is 4.15. The predicted octanol–water partition coefficient (Wildman–Crippen LogP) is 4.71. The van der Waals surface area contributed by atoms with Crippen molar-refractivity contribution < 1.29 is 9.59 Å². The van der Waals surface area contributed by atoms with E-state index < -0.39 is 0 Å². The number of rotatable bonds is 4. The van der Waals surface area contributed by atoms with Crippen LogP contribution < -0.4 is 9.80 Å². The Morgan fingerprint density at radius 1 is 1.04 bits per heavy atom. The van der Waals surface area contributed by atoms with Crippen molar-refractivity contribution in [3.05, 3.63) is 60.2 Å². The Balaban J connectivity index is 1.80. The molecule has 2 atom stereocenters. The molecule has 140 valence electrons. The summed E-state index contributed by atoms with van der Waals surface area (Å²) in [4.78, 5) is 29.7. The quantitative estimate of drug-likeness (QED) is 0.790. The van der Waals surface area contributed by atoms with Gasteiger partial charge in [0.15, 0.2) is 0 Å². The highest BCUT2D eigenvalue weighted by Gasteiger charge is 2.42. The molecule has 0 spiro atoms. The lowest BCUT2D eigenvalue weighted by molar-refractivity contribution is -0.120. The van der Waals surface area contributed by atoms with Gasteiger partial charge in [0.2, 0.25) is 11.8 Å². The van der Waals surface area contributed by atoms with Crippen LogP contribution in [0.3, 0.4) is 0 Å². The molecule has 2 aromatic rings. The van der Waals surface area contributed by atoms with E-state index in [1.165, 1.54) is 0 Å². The van der Waals surface area contributed by atoms with Crippen LogP contribution in [0.5, 0.6) is 0 Å². The van der Waals surface area contributed by atoms with E-state index in [-0.39, 0.29) is 29.8 Å². The molecule has 1 aliphatic carbocycles. The number of para-hydroxylation sites is 2. The Labute approximate surface area is 160 Å². The number of fused-ring (bicyclic) bond motifs is 1. The molecule has 4 rings (SSSR count). The van der Waals surface area contributed by atoms with Crippen molar-refractivity contribution in [2.75, 3.05) is 9.80 Å². The van der Waals surface area contributed by atoms with Crippen molar-refractivity contribution in [3.8, 4) is 0 Å². The summed E-state index contributed by atoms with van der Waals surface area (Å²) in [5, 5.41) is 0. The molecule has 2 aliphatic rings. The van der Waals surface area contributed by atoms with E-state index in [1.54, 1.807) is 0 Å². The highest BCUT2D eigenvalue weighted by Crippen LogP contribution is 2.44. The summed E-state index contributed by atoms with van der Waals surface area (Å²) in [7, 11) is 0. The first-order valence-corrected chi connectivity index (χ1v) is 9.91.